The number of anilines is 3. The number of aromatic nitrogens is 1. The summed E-state index contributed by atoms with van der Waals surface area (Å²) < 4.78 is 37.2. The molecule has 5 rings (SSSR count). The van der Waals surface area contributed by atoms with Gasteiger partial charge in [-0.15, -0.1) is 0 Å². The normalized spacial score (nSPS) is 13.7. The SMILES string of the molecule is COc1c(NC(=O)Nc2ccc(-c3ccc(CN4CCOCC4)nc3)c3ccccc23)cc(C(C)(C)C)cc1N(CC(=O)O)S(C)(=O)=O.N. The van der Waals surface area contributed by atoms with E-state index < -0.39 is 34.0 Å². The van der Waals surface area contributed by atoms with Gasteiger partial charge in [0.15, 0.2) is 5.75 Å². The van der Waals surface area contributed by atoms with Crippen LogP contribution in [-0.2, 0) is 31.5 Å². The van der Waals surface area contributed by atoms with Crippen molar-refractivity contribution < 1.29 is 32.6 Å². The molecule has 1 aromatic heterocycles. The van der Waals surface area contributed by atoms with Crippen molar-refractivity contribution in [3.8, 4) is 16.9 Å². The molecule has 0 aliphatic carbocycles. The lowest BCUT2D eigenvalue weighted by atomic mass is 9.86. The van der Waals surface area contributed by atoms with Gasteiger partial charge in [0.25, 0.3) is 0 Å². The Morgan fingerprint density at radius 1 is 1.00 bits per heavy atom. The van der Waals surface area contributed by atoms with Gasteiger partial charge in [0.2, 0.25) is 10.0 Å². The maximum absolute atomic E-state index is 13.5. The number of nitrogens with zero attached hydrogens (tertiary/aromatic N) is 3. The molecule has 1 saturated heterocycles. The number of pyridine rings is 1. The highest BCUT2D eigenvalue weighted by Gasteiger charge is 2.29. The second kappa shape index (κ2) is 15.2. The topological polar surface area (TPSA) is 185 Å². The van der Waals surface area contributed by atoms with Gasteiger partial charge in [0, 0.05) is 36.8 Å². The Kier molecular flexibility index (Phi) is 11.5. The Morgan fingerprint density at radius 3 is 2.27 bits per heavy atom. The fourth-order valence-electron chi connectivity index (χ4n) is 5.64. The van der Waals surface area contributed by atoms with Crippen molar-refractivity contribution >= 4 is 49.9 Å². The van der Waals surface area contributed by atoms with Gasteiger partial charge >= 0.3 is 12.0 Å². The first kappa shape index (κ1) is 37.1. The van der Waals surface area contributed by atoms with Gasteiger partial charge in [0.05, 0.1) is 49.3 Å². The van der Waals surface area contributed by atoms with Crippen molar-refractivity contribution in [2.45, 2.75) is 32.7 Å². The number of ether oxygens (including phenoxy) is 2. The Hall–Kier alpha value is -4.76. The molecule has 1 aliphatic heterocycles. The van der Waals surface area contributed by atoms with E-state index in [2.05, 4.69) is 21.6 Å². The monoisotopic (exact) mass is 692 g/mol. The van der Waals surface area contributed by atoms with Crippen molar-refractivity contribution in [1.82, 2.24) is 16.0 Å². The summed E-state index contributed by atoms with van der Waals surface area (Å²) in [5.74, 6) is -1.33. The highest BCUT2D eigenvalue weighted by Crippen LogP contribution is 2.42. The van der Waals surface area contributed by atoms with Crippen molar-refractivity contribution in [2.75, 3.05) is 61.2 Å². The number of sulfonamides is 1. The number of carboxylic acids is 1. The van der Waals surface area contributed by atoms with Crippen LogP contribution in [0.4, 0.5) is 21.9 Å². The lowest BCUT2D eigenvalue weighted by molar-refractivity contribution is -0.135. The average Bonchev–Trinajstić information content (AvgIpc) is 3.03. The second-order valence-corrected chi connectivity index (χ2v) is 14.6. The third kappa shape index (κ3) is 8.83. The van der Waals surface area contributed by atoms with Crippen LogP contribution in [0.3, 0.4) is 0 Å². The zero-order chi connectivity index (χ0) is 34.6. The summed E-state index contributed by atoms with van der Waals surface area (Å²) >= 11 is 0. The number of amides is 2. The number of rotatable bonds is 10. The van der Waals surface area contributed by atoms with Crippen molar-refractivity contribution in [1.29, 1.82) is 0 Å². The number of hydrogen-bond donors (Lipinski definition) is 4. The van der Waals surface area contributed by atoms with Crippen LogP contribution < -0.4 is 25.8 Å². The molecule has 0 bridgehead atoms. The Labute approximate surface area is 286 Å². The molecule has 0 atom stereocenters. The number of benzene rings is 3. The molecular formula is C35H44N6O7S. The van der Waals surface area contributed by atoms with Crippen LogP contribution in [0.1, 0.15) is 32.0 Å². The number of carbonyl (C=O) groups excluding carboxylic acids is 1. The summed E-state index contributed by atoms with van der Waals surface area (Å²) in [7, 11) is -2.70. The van der Waals surface area contributed by atoms with E-state index in [1.54, 1.807) is 12.1 Å². The zero-order valence-corrected chi connectivity index (χ0v) is 29.3. The summed E-state index contributed by atoms with van der Waals surface area (Å²) in [5.41, 5.74) is 3.81. The van der Waals surface area contributed by atoms with Crippen molar-refractivity contribution in [2.24, 2.45) is 0 Å². The number of aliphatic carboxylic acids is 1. The smallest absolute Gasteiger partial charge is 0.324 e. The lowest BCUT2D eigenvalue weighted by Crippen LogP contribution is -2.35. The van der Waals surface area contributed by atoms with Crippen LogP contribution in [0.2, 0.25) is 0 Å². The van der Waals surface area contributed by atoms with Crippen LogP contribution in [-0.4, -0.2) is 81.6 Å². The van der Waals surface area contributed by atoms with E-state index in [0.29, 0.717) is 11.3 Å². The molecule has 4 aromatic rings. The fraction of sp³-hybridized carbons (Fsp3) is 0.343. The standard InChI is InChI=1S/C35H41N5O7S.H3N/c1-35(2,3)24-18-30(33(46-4)31(19-24)40(22-32(41)42)48(5,44)45)38-34(43)37-29-13-12-26(27-8-6-7-9-28(27)29)23-10-11-25(36-20-23)21-39-14-16-47-17-15-39;/h6-13,18-20H,14-17,21-22H2,1-5H3,(H,41,42)(H2,37,38,43);1H3. The number of carbonyl (C=O) groups is 2. The molecule has 2 heterocycles. The number of fused-ring (bicyclic) bond motifs is 1. The molecule has 1 aliphatic rings. The lowest BCUT2D eigenvalue weighted by Gasteiger charge is -2.28. The Morgan fingerprint density at radius 2 is 1.67 bits per heavy atom. The second-order valence-electron chi connectivity index (χ2n) is 12.7. The van der Waals surface area contributed by atoms with Gasteiger partial charge in [-0.05, 0) is 46.2 Å². The van der Waals surface area contributed by atoms with Gasteiger partial charge in [-0.3, -0.25) is 19.0 Å². The number of morpholine rings is 1. The highest BCUT2D eigenvalue weighted by atomic mass is 32.2. The van der Waals surface area contributed by atoms with Crippen LogP contribution >= 0.6 is 0 Å². The molecule has 13 nitrogen and oxygen atoms in total. The van der Waals surface area contributed by atoms with Crippen molar-refractivity contribution in [3.63, 3.8) is 0 Å². The third-order valence-corrected chi connectivity index (χ3v) is 9.26. The van der Waals surface area contributed by atoms with E-state index in [1.807, 2.05) is 69.4 Å². The molecule has 14 heteroatoms. The number of hydrogen-bond acceptors (Lipinski definition) is 9. The number of methoxy groups -OCH3 is 1. The minimum atomic E-state index is -4.03. The first-order chi connectivity index (χ1) is 22.7. The number of carboxylic acid groups (broad SMARTS) is 1. The van der Waals surface area contributed by atoms with Crippen LogP contribution in [0.15, 0.2) is 66.9 Å². The Balaban J connectivity index is 0.00000541. The maximum Gasteiger partial charge on any atom is 0.324 e. The molecule has 3 aromatic carbocycles. The van der Waals surface area contributed by atoms with Crippen LogP contribution in [0.25, 0.3) is 21.9 Å². The third-order valence-electron chi connectivity index (χ3n) is 8.13. The highest BCUT2D eigenvalue weighted by molar-refractivity contribution is 7.92. The van der Waals surface area contributed by atoms with Crippen molar-refractivity contribution in [3.05, 3.63) is 78.1 Å². The quantitative estimate of drug-likeness (QED) is 0.161. The average molecular weight is 693 g/mol. The number of urea groups is 1. The summed E-state index contributed by atoms with van der Waals surface area (Å²) in [6, 6.07) is 18.3. The van der Waals surface area contributed by atoms with Crippen LogP contribution in [0.5, 0.6) is 5.75 Å². The van der Waals surface area contributed by atoms with Gasteiger partial charge in [-0.25, -0.2) is 13.2 Å². The summed E-state index contributed by atoms with van der Waals surface area (Å²) in [5, 5.41) is 17.0. The first-order valence-corrected chi connectivity index (χ1v) is 17.4. The molecule has 262 valence electrons. The molecular weight excluding hydrogens is 648 g/mol. The predicted octanol–water partition coefficient (Wildman–Crippen LogP) is 5.70. The van der Waals surface area contributed by atoms with E-state index in [0.717, 1.165) is 71.0 Å². The van der Waals surface area contributed by atoms with E-state index >= 15 is 0 Å². The van der Waals surface area contributed by atoms with Gasteiger partial charge in [-0.1, -0.05) is 57.2 Å². The minimum absolute atomic E-state index is 0. The number of nitrogens with one attached hydrogen (secondary N) is 2. The van der Waals surface area contributed by atoms with E-state index in [9.17, 15) is 23.1 Å². The molecule has 2 amide bonds. The Bertz CT molecular complexity index is 1920. The molecule has 0 spiro atoms. The molecule has 0 unspecified atom stereocenters. The molecule has 1 fully saturated rings. The molecule has 49 heavy (non-hydrogen) atoms. The zero-order valence-electron chi connectivity index (χ0n) is 28.4. The predicted molar refractivity (Wildman–Crippen MR) is 192 cm³/mol. The van der Waals surface area contributed by atoms with Gasteiger partial charge < -0.3 is 31.4 Å². The van der Waals surface area contributed by atoms with Gasteiger partial charge in [0.1, 0.15) is 6.54 Å². The summed E-state index contributed by atoms with van der Waals surface area (Å²) in [6.07, 6.45) is 2.79. The first-order valence-electron chi connectivity index (χ1n) is 15.5. The molecule has 0 saturated carbocycles. The van der Waals surface area contributed by atoms with Gasteiger partial charge in [-0.2, -0.15) is 0 Å². The molecule has 0 radical (unpaired) electrons. The molecule has 6 N–H and O–H groups in total. The van der Waals surface area contributed by atoms with E-state index in [-0.39, 0.29) is 23.3 Å². The summed E-state index contributed by atoms with van der Waals surface area (Å²) in [6.45, 7) is 8.94. The summed E-state index contributed by atoms with van der Waals surface area (Å²) in [4.78, 5) is 32.2. The van der Waals surface area contributed by atoms with E-state index in [1.165, 1.54) is 7.11 Å². The maximum atomic E-state index is 13.5. The minimum Gasteiger partial charge on any atom is -0.492 e. The largest absolute Gasteiger partial charge is 0.492 e. The van der Waals surface area contributed by atoms with Crippen LogP contribution in [0, 0.1) is 0 Å². The van der Waals surface area contributed by atoms with E-state index in [4.69, 9.17) is 14.5 Å². The fourth-order valence-corrected chi connectivity index (χ4v) is 6.48.